The van der Waals surface area contributed by atoms with Crippen LogP contribution in [-0.2, 0) is 7.05 Å². The largest absolute Gasteiger partial charge is 0.470 e. The van der Waals surface area contributed by atoms with Crippen LogP contribution in [0.5, 0.6) is 5.88 Å². The molecule has 0 unspecified atom stereocenters. The Labute approximate surface area is 82.9 Å². The quantitative estimate of drug-likeness (QED) is 0.677. The normalized spacial score (nSPS) is 9.64. The molecule has 1 aromatic heterocycles. The first kappa shape index (κ1) is 10.5. The molecule has 0 saturated carbocycles. The molecule has 0 saturated heterocycles. The maximum Gasteiger partial charge on any atom is 0.313 e. The summed E-state index contributed by atoms with van der Waals surface area (Å²) >= 11 is 0. The van der Waals surface area contributed by atoms with Crippen molar-refractivity contribution in [2.24, 2.45) is 7.05 Å². The van der Waals surface area contributed by atoms with Crippen molar-refractivity contribution >= 4 is 0 Å². The Bertz CT molecular complexity index is 389. The summed E-state index contributed by atoms with van der Waals surface area (Å²) in [5.41, 5.74) is 0.937. The van der Waals surface area contributed by atoms with Gasteiger partial charge in [0.05, 0.1) is 0 Å². The van der Waals surface area contributed by atoms with E-state index in [9.17, 15) is 4.79 Å². The van der Waals surface area contributed by atoms with E-state index in [1.807, 2.05) is 19.9 Å². The third kappa shape index (κ3) is 2.73. The number of ether oxygens (including phenoxy) is 1. The molecule has 0 aromatic carbocycles. The Kier molecular flexibility index (Phi) is 3.45. The van der Waals surface area contributed by atoms with Gasteiger partial charge >= 0.3 is 5.56 Å². The van der Waals surface area contributed by atoms with Gasteiger partial charge < -0.3 is 9.30 Å². The predicted molar refractivity (Wildman–Crippen MR) is 54.4 cm³/mol. The first-order valence-corrected chi connectivity index (χ1v) is 4.39. The van der Waals surface area contributed by atoms with E-state index in [4.69, 9.17) is 4.74 Å². The van der Waals surface area contributed by atoms with Gasteiger partial charge in [-0.2, -0.15) is 0 Å². The lowest BCUT2D eigenvalue weighted by molar-refractivity contribution is 0.338. The van der Waals surface area contributed by atoms with E-state index in [1.54, 1.807) is 19.4 Å². The molecule has 0 radical (unpaired) electrons. The number of hydrogen-bond acceptors (Lipinski definition) is 3. The first-order valence-electron chi connectivity index (χ1n) is 4.39. The summed E-state index contributed by atoms with van der Waals surface area (Å²) in [6, 6.07) is 0. The minimum atomic E-state index is -0.213. The van der Waals surface area contributed by atoms with Gasteiger partial charge in [-0.15, -0.1) is 0 Å². The Balaban J connectivity index is 2.73. The molecule has 76 valence electrons. The molecule has 4 nitrogen and oxygen atoms in total. The number of aryl methyl sites for hydroxylation is 1. The van der Waals surface area contributed by atoms with Crippen molar-refractivity contribution in [2.45, 2.75) is 13.8 Å². The maximum absolute atomic E-state index is 11.4. The Morgan fingerprint density at radius 3 is 3.00 bits per heavy atom. The summed E-state index contributed by atoms with van der Waals surface area (Å²) in [6.07, 6.45) is 5.03. The first-order chi connectivity index (χ1) is 6.61. The van der Waals surface area contributed by atoms with E-state index in [2.05, 4.69) is 4.98 Å². The van der Waals surface area contributed by atoms with E-state index in [-0.39, 0.29) is 11.4 Å². The molecule has 0 N–H and O–H groups in total. The molecule has 4 heteroatoms. The van der Waals surface area contributed by atoms with Gasteiger partial charge in [0.1, 0.15) is 6.61 Å². The smallest absolute Gasteiger partial charge is 0.313 e. The van der Waals surface area contributed by atoms with Crippen LogP contribution < -0.4 is 10.3 Å². The Morgan fingerprint density at radius 2 is 2.36 bits per heavy atom. The molecule has 0 aliphatic rings. The van der Waals surface area contributed by atoms with Crippen molar-refractivity contribution in [3.8, 4) is 5.88 Å². The topological polar surface area (TPSA) is 44.1 Å². The van der Waals surface area contributed by atoms with Crippen LogP contribution in [0.15, 0.2) is 28.8 Å². The SMILES string of the molecule is CC(C)=CCOc1nccn(C)c1=O. The molecule has 0 fully saturated rings. The van der Waals surface area contributed by atoms with E-state index in [1.165, 1.54) is 4.57 Å². The highest BCUT2D eigenvalue weighted by molar-refractivity contribution is 5.05. The number of aromatic nitrogens is 2. The van der Waals surface area contributed by atoms with Crippen LogP contribution in [0.1, 0.15) is 13.8 Å². The molecular formula is C10H14N2O2. The molecule has 1 rings (SSSR count). The van der Waals surface area contributed by atoms with Crippen LogP contribution >= 0.6 is 0 Å². The van der Waals surface area contributed by atoms with Gasteiger partial charge in [0.25, 0.3) is 5.88 Å². The standard InChI is InChI=1S/C10H14N2O2/c1-8(2)4-7-14-9-10(13)12(3)6-5-11-9/h4-6H,7H2,1-3H3. The zero-order valence-corrected chi connectivity index (χ0v) is 8.65. The minimum Gasteiger partial charge on any atom is -0.470 e. The highest BCUT2D eigenvalue weighted by atomic mass is 16.5. The van der Waals surface area contributed by atoms with Crippen LogP contribution in [0.4, 0.5) is 0 Å². The summed E-state index contributed by atoms with van der Waals surface area (Å²) < 4.78 is 6.64. The highest BCUT2D eigenvalue weighted by Crippen LogP contribution is 1.96. The number of nitrogens with zero attached hydrogens (tertiary/aromatic N) is 2. The monoisotopic (exact) mass is 194 g/mol. The summed E-state index contributed by atoms with van der Waals surface area (Å²) in [5.74, 6) is 0.146. The van der Waals surface area contributed by atoms with E-state index in [0.29, 0.717) is 6.61 Å². The van der Waals surface area contributed by atoms with Crippen molar-refractivity contribution in [3.05, 3.63) is 34.4 Å². The van der Waals surface area contributed by atoms with Crippen LogP contribution in [0.3, 0.4) is 0 Å². The molecule has 14 heavy (non-hydrogen) atoms. The van der Waals surface area contributed by atoms with Gasteiger partial charge in [0, 0.05) is 19.4 Å². The molecule has 0 aliphatic heterocycles. The van der Waals surface area contributed by atoms with Crippen molar-refractivity contribution in [3.63, 3.8) is 0 Å². The second kappa shape index (κ2) is 4.60. The van der Waals surface area contributed by atoms with E-state index >= 15 is 0 Å². The fourth-order valence-electron chi connectivity index (χ4n) is 0.861. The van der Waals surface area contributed by atoms with Crippen LogP contribution in [0.2, 0.25) is 0 Å². The molecular weight excluding hydrogens is 180 g/mol. The highest BCUT2D eigenvalue weighted by Gasteiger charge is 2.01. The molecule has 0 amide bonds. The Hall–Kier alpha value is -1.58. The number of rotatable bonds is 3. The molecule has 0 atom stereocenters. The van der Waals surface area contributed by atoms with Crippen LogP contribution in [0.25, 0.3) is 0 Å². The lowest BCUT2D eigenvalue weighted by Crippen LogP contribution is -2.19. The van der Waals surface area contributed by atoms with Crippen molar-refractivity contribution in [1.29, 1.82) is 0 Å². The number of hydrogen-bond donors (Lipinski definition) is 0. The van der Waals surface area contributed by atoms with Crippen molar-refractivity contribution in [1.82, 2.24) is 9.55 Å². The average Bonchev–Trinajstić information content (AvgIpc) is 2.12. The van der Waals surface area contributed by atoms with Gasteiger partial charge in [-0.25, -0.2) is 4.98 Å². The molecule has 1 aromatic rings. The van der Waals surface area contributed by atoms with Gasteiger partial charge in [-0.05, 0) is 19.9 Å². The van der Waals surface area contributed by atoms with Crippen LogP contribution in [-0.4, -0.2) is 16.2 Å². The van der Waals surface area contributed by atoms with E-state index < -0.39 is 0 Å². The van der Waals surface area contributed by atoms with Gasteiger partial charge in [-0.3, -0.25) is 4.79 Å². The molecule has 1 heterocycles. The van der Waals surface area contributed by atoms with Gasteiger partial charge in [-0.1, -0.05) is 5.57 Å². The molecule has 0 spiro atoms. The fraction of sp³-hybridized carbons (Fsp3) is 0.400. The molecule has 0 bridgehead atoms. The van der Waals surface area contributed by atoms with Crippen molar-refractivity contribution < 1.29 is 4.74 Å². The summed E-state index contributed by atoms with van der Waals surface area (Å²) in [6.45, 7) is 4.33. The summed E-state index contributed by atoms with van der Waals surface area (Å²) in [5, 5.41) is 0. The zero-order valence-electron chi connectivity index (χ0n) is 8.65. The second-order valence-electron chi connectivity index (χ2n) is 3.24. The maximum atomic E-state index is 11.4. The number of allylic oxidation sites excluding steroid dienone is 1. The average molecular weight is 194 g/mol. The Morgan fingerprint density at radius 1 is 1.64 bits per heavy atom. The minimum absolute atomic E-state index is 0.146. The van der Waals surface area contributed by atoms with Gasteiger partial charge in [0.2, 0.25) is 0 Å². The summed E-state index contributed by atoms with van der Waals surface area (Å²) in [7, 11) is 1.66. The summed E-state index contributed by atoms with van der Waals surface area (Å²) in [4.78, 5) is 15.3. The van der Waals surface area contributed by atoms with Gasteiger partial charge in [0.15, 0.2) is 0 Å². The second-order valence-corrected chi connectivity index (χ2v) is 3.24. The van der Waals surface area contributed by atoms with E-state index in [0.717, 1.165) is 5.57 Å². The lowest BCUT2D eigenvalue weighted by Gasteiger charge is -2.02. The zero-order chi connectivity index (χ0) is 10.6. The third-order valence-corrected chi connectivity index (χ3v) is 1.70. The third-order valence-electron chi connectivity index (χ3n) is 1.70. The lowest BCUT2D eigenvalue weighted by atomic mass is 10.3. The molecule has 0 aliphatic carbocycles. The van der Waals surface area contributed by atoms with Crippen LogP contribution in [0, 0.1) is 0 Å². The predicted octanol–water partition coefficient (Wildman–Crippen LogP) is 1.13. The fourth-order valence-corrected chi connectivity index (χ4v) is 0.861. The van der Waals surface area contributed by atoms with Crippen molar-refractivity contribution in [2.75, 3.05) is 6.61 Å².